The fraction of sp³-hybridized carbons (Fsp3) is 0.853. The van der Waals surface area contributed by atoms with E-state index in [-0.39, 0.29) is 17.7 Å². The molecule has 1 aliphatic heterocycles. The van der Waals surface area contributed by atoms with Crippen LogP contribution in [0.25, 0.3) is 0 Å². The fourth-order valence-electron chi connectivity index (χ4n) is 9.74. The van der Waals surface area contributed by atoms with Crippen molar-refractivity contribution in [1.82, 2.24) is 14.7 Å². The summed E-state index contributed by atoms with van der Waals surface area (Å²) in [5, 5.41) is 4.81. The summed E-state index contributed by atoms with van der Waals surface area (Å²) in [6.45, 7) is 7.35. The van der Waals surface area contributed by atoms with E-state index in [0.29, 0.717) is 53.6 Å². The Morgan fingerprint density at radius 1 is 1.02 bits per heavy atom. The van der Waals surface area contributed by atoms with E-state index in [4.69, 9.17) is 15.6 Å². The van der Waals surface area contributed by atoms with Gasteiger partial charge in [-0.15, -0.1) is 0 Å². The number of nitrogens with two attached hydrogens (primary N) is 1. The van der Waals surface area contributed by atoms with Crippen molar-refractivity contribution in [3.05, 3.63) is 18.0 Å². The van der Waals surface area contributed by atoms with Crippen LogP contribution in [0.2, 0.25) is 0 Å². The van der Waals surface area contributed by atoms with Gasteiger partial charge in [0.15, 0.2) is 0 Å². The summed E-state index contributed by atoms with van der Waals surface area (Å²) in [6, 6.07) is 0.393. The second-order valence-corrected chi connectivity index (χ2v) is 15.2. The molecule has 7 nitrogen and oxygen atoms in total. The number of carbonyl (C=O) groups excluding carboxylic acids is 2. The molecule has 2 heterocycles. The van der Waals surface area contributed by atoms with E-state index in [1.165, 1.54) is 44.1 Å². The molecule has 6 aliphatic rings. The van der Waals surface area contributed by atoms with Gasteiger partial charge in [-0.3, -0.25) is 14.3 Å². The Balaban J connectivity index is 0.976. The van der Waals surface area contributed by atoms with E-state index in [9.17, 15) is 9.59 Å². The van der Waals surface area contributed by atoms with Gasteiger partial charge in [0, 0.05) is 37.2 Å². The number of piperidine rings is 1. The van der Waals surface area contributed by atoms with Crippen LogP contribution in [0.5, 0.6) is 0 Å². The summed E-state index contributed by atoms with van der Waals surface area (Å²) in [7, 11) is 0. The lowest BCUT2D eigenvalue weighted by atomic mass is 9.68. The van der Waals surface area contributed by atoms with Crippen molar-refractivity contribution in [1.29, 1.82) is 0 Å². The van der Waals surface area contributed by atoms with Crippen LogP contribution in [0.4, 0.5) is 0 Å². The Kier molecular flexibility index (Phi) is 7.70. The molecule has 1 aromatic heterocycles. The SMILES string of the molecule is CC1CCCC(OCC2CC2C(=O)N2CC3CC3C3C(c4cnn(CC5CCCC(C(N)=O)C5)c4)CCCC32)C1C. The van der Waals surface area contributed by atoms with Gasteiger partial charge in [-0.2, -0.15) is 5.10 Å². The highest BCUT2D eigenvalue weighted by atomic mass is 16.5. The summed E-state index contributed by atoms with van der Waals surface area (Å²) in [4.78, 5) is 28.0. The molecule has 2 N–H and O–H groups in total. The van der Waals surface area contributed by atoms with Gasteiger partial charge in [0.2, 0.25) is 11.8 Å². The minimum Gasteiger partial charge on any atom is -0.378 e. The lowest BCUT2D eigenvalue weighted by Crippen LogP contribution is -2.53. The molecule has 7 rings (SSSR count). The zero-order chi connectivity index (χ0) is 28.2. The quantitative estimate of drug-likeness (QED) is 0.459. The maximum absolute atomic E-state index is 13.9. The topological polar surface area (TPSA) is 90.4 Å². The monoisotopic (exact) mass is 564 g/mol. The van der Waals surface area contributed by atoms with Crippen LogP contribution in [0.1, 0.15) is 102 Å². The Morgan fingerprint density at radius 2 is 1.85 bits per heavy atom. The molecule has 1 saturated heterocycles. The average Bonchev–Trinajstić information content (AvgIpc) is 3.89. The first-order valence-corrected chi connectivity index (χ1v) is 17.1. The van der Waals surface area contributed by atoms with Crippen molar-refractivity contribution >= 4 is 11.8 Å². The minimum absolute atomic E-state index is 0.0255. The third-order valence-corrected chi connectivity index (χ3v) is 12.6. The summed E-state index contributed by atoms with van der Waals surface area (Å²) < 4.78 is 8.57. The first-order chi connectivity index (χ1) is 19.9. The highest BCUT2D eigenvalue weighted by molar-refractivity contribution is 5.82. The predicted octanol–water partition coefficient (Wildman–Crippen LogP) is 5.38. The van der Waals surface area contributed by atoms with Crippen LogP contribution in [0.15, 0.2) is 12.4 Å². The Labute approximate surface area is 246 Å². The third kappa shape index (κ3) is 5.61. The zero-order valence-corrected chi connectivity index (χ0v) is 25.3. The highest BCUT2D eigenvalue weighted by Gasteiger charge is 2.59. The van der Waals surface area contributed by atoms with E-state index in [1.54, 1.807) is 0 Å². The van der Waals surface area contributed by atoms with Crippen molar-refractivity contribution < 1.29 is 14.3 Å². The second kappa shape index (κ2) is 11.3. The van der Waals surface area contributed by atoms with Crippen molar-refractivity contribution in [2.75, 3.05) is 13.2 Å². The molecule has 12 unspecified atom stereocenters. The minimum atomic E-state index is -0.141. The van der Waals surface area contributed by atoms with Crippen LogP contribution < -0.4 is 5.73 Å². The average molecular weight is 565 g/mol. The number of nitrogens with zero attached hydrogens (tertiary/aromatic N) is 3. The largest absolute Gasteiger partial charge is 0.378 e. The molecule has 7 heteroatoms. The van der Waals surface area contributed by atoms with Gasteiger partial charge in [-0.1, -0.05) is 39.5 Å². The van der Waals surface area contributed by atoms with Crippen LogP contribution >= 0.6 is 0 Å². The lowest BCUT2D eigenvalue weighted by Gasteiger charge is -2.47. The molecular formula is C34H52N4O3. The maximum Gasteiger partial charge on any atom is 0.226 e. The smallest absolute Gasteiger partial charge is 0.226 e. The van der Waals surface area contributed by atoms with Gasteiger partial charge >= 0.3 is 0 Å². The van der Waals surface area contributed by atoms with E-state index >= 15 is 0 Å². The number of likely N-dealkylation sites (tertiary alicyclic amines) is 1. The van der Waals surface area contributed by atoms with Gasteiger partial charge in [-0.05, 0) is 104 Å². The van der Waals surface area contributed by atoms with E-state index in [2.05, 4.69) is 35.8 Å². The van der Waals surface area contributed by atoms with Gasteiger partial charge in [0.1, 0.15) is 0 Å². The Hall–Kier alpha value is -1.89. The lowest BCUT2D eigenvalue weighted by molar-refractivity contribution is -0.140. The number of fused-ring (bicyclic) bond motifs is 3. The molecule has 2 amide bonds. The number of primary amides is 1. The van der Waals surface area contributed by atoms with Crippen molar-refractivity contribution in [2.45, 2.75) is 116 Å². The van der Waals surface area contributed by atoms with E-state index in [1.807, 2.05) is 0 Å². The molecule has 5 aliphatic carbocycles. The predicted molar refractivity (Wildman–Crippen MR) is 158 cm³/mol. The summed E-state index contributed by atoms with van der Waals surface area (Å²) >= 11 is 0. The van der Waals surface area contributed by atoms with E-state index in [0.717, 1.165) is 70.1 Å². The van der Waals surface area contributed by atoms with Gasteiger partial charge in [0.25, 0.3) is 0 Å². The van der Waals surface area contributed by atoms with E-state index < -0.39 is 0 Å². The number of aromatic nitrogens is 2. The summed E-state index contributed by atoms with van der Waals surface area (Å²) in [5.41, 5.74) is 7.00. The maximum atomic E-state index is 13.9. The molecule has 41 heavy (non-hydrogen) atoms. The Morgan fingerprint density at radius 3 is 2.71 bits per heavy atom. The van der Waals surface area contributed by atoms with Crippen LogP contribution in [-0.4, -0.2) is 51.8 Å². The summed E-state index contributed by atoms with van der Waals surface area (Å²) in [6.07, 6.45) is 18.5. The Bertz CT molecular complexity index is 1120. The molecule has 0 radical (unpaired) electrons. The standard InChI is InChI=1S/C34H52N4O3/c1-20-6-3-11-31(21(20)2)41-19-25-14-29(25)34(40)38-18-24-13-28(24)32-27(9-5-10-30(32)38)26-15-36-37(17-26)16-22-7-4-8-23(12-22)33(35)39/h15,17,20-25,27-32H,3-14,16,18-19H2,1-2H3,(H2,35,39). The molecule has 12 atom stereocenters. The van der Waals surface area contributed by atoms with Gasteiger partial charge < -0.3 is 15.4 Å². The van der Waals surface area contributed by atoms with Gasteiger partial charge in [-0.25, -0.2) is 0 Å². The van der Waals surface area contributed by atoms with Crippen LogP contribution in [-0.2, 0) is 20.9 Å². The molecule has 0 bridgehead atoms. The number of hydrogen-bond acceptors (Lipinski definition) is 4. The van der Waals surface area contributed by atoms with Crippen LogP contribution in [0, 0.1) is 53.3 Å². The normalized spacial score (nSPS) is 43.6. The second-order valence-electron chi connectivity index (χ2n) is 15.2. The fourth-order valence-corrected chi connectivity index (χ4v) is 9.74. The van der Waals surface area contributed by atoms with Crippen molar-refractivity contribution in [3.63, 3.8) is 0 Å². The first kappa shape index (κ1) is 27.9. The summed E-state index contributed by atoms with van der Waals surface area (Å²) in [5.74, 6) is 5.34. The molecular weight excluding hydrogens is 512 g/mol. The van der Waals surface area contributed by atoms with Crippen molar-refractivity contribution in [3.8, 4) is 0 Å². The zero-order valence-electron chi connectivity index (χ0n) is 25.3. The number of amides is 2. The highest BCUT2D eigenvalue weighted by Crippen LogP contribution is 2.59. The van der Waals surface area contributed by atoms with Gasteiger partial charge in [0.05, 0.1) is 18.9 Å². The molecule has 0 aromatic carbocycles. The molecule has 0 spiro atoms. The number of ether oxygens (including phenoxy) is 1. The number of rotatable bonds is 8. The molecule has 6 fully saturated rings. The third-order valence-electron chi connectivity index (χ3n) is 12.6. The number of hydrogen-bond donors (Lipinski definition) is 1. The molecule has 226 valence electrons. The number of carbonyl (C=O) groups is 2. The molecule has 5 saturated carbocycles. The van der Waals surface area contributed by atoms with Crippen molar-refractivity contribution in [2.24, 2.45) is 59.0 Å². The van der Waals surface area contributed by atoms with Crippen LogP contribution in [0.3, 0.4) is 0 Å². The first-order valence-electron chi connectivity index (χ1n) is 17.1. The molecule has 1 aromatic rings.